The number of carbonyl (C=O) groups is 1. The van der Waals surface area contributed by atoms with E-state index in [0.717, 1.165) is 12.3 Å². The molecule has 9 nitrogen and oxygen atoms in total. The van der Waals surface area contributed by atoms with Gasteiger partial charge in [-0.15, -0.1) is 0 Å². The molecule has 1 aliphatic rings. The molecule has 2 aromatic carbocycles. The van der Waals surface area contributed by atoms with Crippen molar-refractivity contribution in [2.24, 2.45) is 12.8 Å². The molecular weight excluding hydrogens is 528 g/mol. The summed E-state index contributed by atoms with van der Waals surface area (Å²) in [5.74, 6) is -2.91. The average Bonchev–Trinajstić information content (AvgIpc) is 3.17. The summed E-state index contributed by atoms with van der Waals surface area (Å²) in [5, 5.41) is 9.56. The van der Waals surface area contributed by atoms with Crippen molar-refractivity contribution in [3.63, 3.8) is 0 Å². The number of hydrogen-bond acceptors (Lipinski definition) is 6. The van der Waals surface area contributed by atoms with Gasteiger partial charge in [0.15, 0.2) is 9.84 Å². The number of benzene rings is 2. The second-order valence-corrected chi connectivity index (χ2v) is 11.7. The number of halogens is 2. The molecule has 2 N–H and O–H groups in total. The van der Waals surface area contributed by atoms with Crippen molar-refractivity contribution in [3.05, 3.63) is 81.9 Å². The number of nitrogens with zero attached hydrogens (tertiary/aromatic N) is 4. The second kappa shape index (κ2) is 9.36. The van der Waals surface area contributed by atoms with E-state index >= 15 is 4.39 Å². The van der Waals surface area contributed by atoms with Crippen LogP contribution in [0.25, 0.3) is 22.0 Å². The third kappa shape index (κ3) is 4.44. The van der Waals surface area contributed by atoms with E-state index in [9.17, 15) is 27.7 Å². The molecule has 0 radical (unpaired) electrons. The van der Waals surface area contributed by atoms with Gasteiger partial charge >= 0.3 is 0 Å². The molecule has 1 aliphatic heterocycles. The van der Waals surface area contributed by atoms with Gasteiger partial charge < -0.3 is 19.8 Å². The van der Waals surface area contributed by atoms with Crippen LogP contribution < -0.4 is 16.2 Å². The third-order valence-corrected chi connectivity index (χ3v) is 7.58. The summed E-state index contributed by atoms with van der Waals surface area (Å²) in [6, 6.07) is 8.36. The Morgan fingerprint density at radius 3 is 2.46 bits per heavy atom. The molecule has 0 saturated carbocycles. The summed E-state index contributed by atoms with van der Waals surface area (Å²) < 4.78 is 56.3. The zero-order chi connectivity index (χ0) is 28.2. The quantitative estimate of drug-likeness (QED) is 0.391. The molecule has 0 saturated heterocycles. The van der Waals surface area contributed by atoms with Crippen molar-refractivity contribution >= 4 is 38.0 Å². The van der Waals surface area contributed by atoms with Crippen LogP contribution >= 0.6 is 0 Å². The predicted octanol–water partition coefficient (Wildman–Crippen LogP) is 3.42. The lowest BCUT2D eigenvalue weighted by Crippen LogP contribution is -2.35. The summed E-state index contributed by atoms with van der Waals surface area (Å²) >= 11 is 0. The normalized spacial score (nSPS) is 14.6. The zero-order valence-corrected chi connectivity index (χ0v) is 21.8. The standard InChI is InChI=1S/C27H23F2N5O4S/c1-32-12-18-17-10-15(14-39(2,37)38)4-6-21(17)34(22-7-5-16(28)11-20(22)29)24(26(31)35)19-13-33(9-3-8-30)25(23(18)19)27(32)36/h4-7,10-13,24H,3,9,14H2,1-2H3,(H2,31,35). The van der Waals surface area contributed by atoms with Crippen molar-refractivity contribution in [2.75, 3.05) is 11.2 Å². The first kappa shape index (κ1) is 26.1. The first-order valence-corrected chi connectivity index (χ1v) is 13.9. The van der Waals surface area contributed by atoms with Crippen molar-refractivity contribution < 1.29 is 22.0 Å². The van der Waals surface area contributed by atoms with Crippen molar-refractivity contribution in [3.8, 4) is 17.2 Å². The highest BCUT2D eigenvalue weighted by atomic mass is 32.2. The maximum absolute atomic E-state index is 15.3. The Morgan fingerprint density at radius 2 is 1.82 bits per heavy atom. The number of amides is 1. The lowest BCUT2D eigenvalue weighted by atomic mass is 9.98. The van der Waals surface area contributed by atoms with Crippen LogP contribution in [0.5, 0.6) is 0 Å². The molecule has 5 rings (SSSR count). The smallest absolute Gasteiger partial charge is 0.274 e. The molecule has 1 unspecified atom stereocenters. The number of nitriles is 1. The number of primary amides is 1. The molecule has 0 aliphatic carbocycles. The van der Waals surface area contributed by atoms with Crippen LogP contribution in [0.2, 0.25) is 0 Å². The molecule has 39 heavy (non-hydrogen) atoms. The Morgan fingerprint density at radius 1 is 1.10 bits per heavy atom. The Bertz CT molecular complexity index is 1890. The summed E-state index contributed by atoms with van der Waals surface area (Å²) in [6.45, 7) is 0.142. The maximum Gasteiger partial charge on any atom is 0.274 e. The Labute approximate surface area is 222 Å². The van der Waals surface area contributed by atoms with Gasteiger partial charge in [0.05, 0.1) is 29.6 Å². The monoisotopic (exact) mass is 551 g/mol. The molecule has 2 aromatic heterocycles. The minimum Gasteiger partial charge on any atom is -0.368 e. The Kier molecular flexibility index (Phi) is 6.27. The highest BCUT2D eigenvalue weighted by molar-refractivity contribution is 7.89. The SMILES string of the molecule is Cn1cc2c3c(cn(CCC#N)c3c1=O)C(C(N)=O)N(c1ccc(F)cc1F)c1ccc(CS(C)(=O)=O)cc1-2. The molecule has 12 heteroatoms. The van der Waals surface area contributed by atoms with Gasteiger partial charge in [0.2, 0.25) is 5.91 Å². The van der Waals surface area contributed by atoms with Crippen LogP contribution in [0.1, 0.15) is 23.6 Å². The summed E-state index contributed by atoms with van der Waals surface area (Å²) in [4.78, 5) is 27.8. The van der Waals surface area contributed by atoms with Crippen molar-refractivity contribution in [2.45, 2.75) is 24.8 Å². The first-order valence-electron chi connectivity index (χ1n) is 11.8. The average molecular weight is 552 g/mol. The van der Waals surface area contributed by atoms with E-state index in [-0.39, 0.29) is 29.9 Å². The lowest BCUT2D eigenvalue weighted by molar-refractivity contribution is -0.119. The molecule has 0 fully saturated rings. The van der Waals surface area contributed by atoms with Crippen LogP contribution in [-0.2, 0) is 34.0 Å². The van der Waals surface area contributed by atoms with Gasteiger partial charge in [-0.3, -0.25) is 9.59 Å². The number of sulfone groups is 1. The number of nitrogens with two attached hydrogens (primary N) is 1. The van der Waals surface area contributed by atoms with Crippen LogP contribution in [-0.4, -0.2) is 29.7 Å². The maximum atomic E-state index is 15.3. The summed E-state index contributed by atoms with van der Waals surface area (Å²) in [5.41, 5.74) is 7.54. The zero-order valence-electron chi connectivity index (χ0n) is 21.0. The fraction of sp³-hybridized carbons (Fsp3) is 0.222. The lowest BCUT2D eigenvalue weighted by Gasteiger charge is -2.32. The number of aryl methyl sites for hydroxylation is 2. The fourth-order valence-electron chi connectivity index (χ4n) is 5.24. The summed E-state index contributed by atoms with van der Waals surface area (Å²) in [7, 11) is -1.88. The number of rotatable bonds is 6. The molecule has 1 atom stereocenters. The van der Waals surface area contributed by atoms with Crippen molar-refractivity contribution in [1.82, 2.24) is 9.13 Å². The predicted molar refractivity (Wildman–Crippen MR) is 142 cm³/mol. The largest absolute Gasteiger partial charge is 0.368 e. The third-order valence-electron chi connectivity index (χ3n) is 6.72. The Hall–Kier alpha value is -4.50. The highest BCUT2D eigenvalue weighted by Crippen LogP contribution is 2.49. The first-order chi connectivity index (χ1) is 18.4. The van der Waals surface area contributed by atoms with Gasteiger partial charge in [0, 0.05) is 60.4 Å². The number of carbonyl (C=O) groups excluding carboxylic acids is 1. The van der Waals surface area contributed by atoms with Gasteiger partial charge in [-0.05, 0) is 29.8 Å². The van der Waals surface area contributed by atoms with Crippen LogP contribution in [0.3, 0.4) is 0 Å². The number of anilines is 2. The van der Waals surface area contributed by atoms with E-state index in [0.29, 0.717) is 39.4 Å². The van der Waals surface area contributed by atoms with Gasteiger partial charge in [0.25, 0.3) is 5.56 Å². The Balaban J connectivity index is 1.96. The molecule has 1 amide bonds. The summed E-state index contributed by atoms with van der Waals surface area (Å²) in [6.07, 6.45) is 4.29. The van der Waals surface area contributed by atoms with E-state index < -0.39 is 39.0 Å². The number of fused-ring (bicyclic) bond motifs is 2. The van der Waals surface area contributed by atoms with E-state index in [2.05, 4.69) is 0 Å². The molecule has 3 heterocycles. The molecule has 4 aromatic rings. The molecule has 0 bridgehead atoms. The number of aromatic nitrogens is 2. The minimum absolute atomic E-state index is 0.0727. The topological polar surface area (TPSA) is 131 Å². The minimum atomic E-state index is -3.43. The van der Waals surface area contributed by atoms with Gasteiger partial charge in [-0.2, -0.15) is 5.26 Å². The van der Waals surface area contributed by atoms with Crippen LogP contribution in [0.4, 0.5) is 20.2 Å². The molecule has 0 spiro atoms. The van der Waals surface area contributed by atoms with E-state index in [1.807, 2.05) is 6.07 Å². The van der Waals surface area contributed by atoms with Gasteiger partial charge in [-0.1, -0.05) is 6.07 Å². The van der Waals surface area contributed by atoms with E-state index in [1.54, 1.807) is 42.2 Å². The fourth-order valence-corrected chi connectivity index (χ4v) is 6.02. The van der Waals surface area contributed by atoms with Gasteiger partial charge in [0.1, 0.15) is 23.2 Å². The van der Waals surface area contributed by atoms with Crippen LogP contribution in [0.15, 0.2) is 53.6 Å². The highest BCUT2D eigenvalue weighted by Gasteiger charge is 2.38. The molecular formula is C27H23F2N5O4S. The van der Waals surface area contributed by atoms with Crippen LogP contribution in [0, 0.1) is 23.0 Å². The van der Waals surface area contributed by atoms with Crippen molar-refractivity contribution in [1.29, 1.82) is 5.26 Å². The van der Waals surface area contributed by atoms with E-state index in [4.69, 9.17) is 5.73 Å². The van der Waals surface area contributed by atoms with Gasteiger partial charge in [-0.25, -0.2) is 17.2 Å². The second-order valence-electron chi connectivity index (χ2n) is 9.56. The van der Waals surface area contributed by atoms with E-state index in [1.165, 1.54) is 15.5 Å². The number of hydrogen-bond donors (Lipinski definition) is 1. The molecule has 200 valence electrons. The number of pyridine rings is 1.